The van der Waals surface area contributed by atoms with Crippen LogP contribution in [0.5, 0.6) is 0 Å². The molecular weight excluding hydrogens is 366 g/mol. The van der Waals surface area contributed by atoms with Crippen LogP contribution in [0, 0.1) is 0 Å². The van der Waals surface area contributed by atoms with E-state index < -0.39 is 0 Å². The minimum absolute atomic E-state index is 0.980. The van der Waals surface area contributed by atoms with Crippen molar-refractivity contribution in [3.63, 3.8) is 0 Å². The van der Waals surface area contributed by atoms with Crippen molar-refractivity contribution in [2.24, 2.45) is 0 Å². The zero-order valence-electron chi connectivity index (χ0n) is 10.7. The molecule has 0 fully saturated rings. The van der Waals surface area contributed by atoms with E-state index >= 15 is 0 Å². The average molecular weight is 383 g/mol. The lowest BCUT2D eigenvalue weighted by Crippen LogP contribution is -2.24. The van der Waals surface area contributed by atoms with Crippen molar-refractivity contribution in [1.29, 1.82) is 0 Å². The molecule has 0 saturated carbocycles. The number of nitrogens with zero attached hydrogens (tertiary/aromatic N) is 1. The van der Waals surface area contributed by atoms with Crippen LogP contribution >= 0.6 is 31.9 Å². The van der Waals surface area contributed by atoms with Gasteiger partial charge in [-0.05, 0) is 23.3 Å². The molecule has 0 N–H and O–H groups in total. The van der Waals surface area contributed by atoms with E-state index in [0.29, 0.717) is 0 Å². The number of hydrogen-bond acceptors (Lipinski definition) is 1. The summed E-state index contributed by atoms with van der Waals surface area (Å²) in [4.78, 5) is 2.45. The van der Waals surface area contributed by atoms with Gasteiger partial charge in [-0.2, -0.15) is 0 Å². The molecule has 0 unspecified atom stereocenters. The molecular formula is C16H17Br2N. The number of benzene rings is 2. The molecule has 0 aliphatic heterocycles. The maximum atomic E-state index is 3.54. The van der Waals surface area contributed by atoms with Crippen LogP contribution in [-0.2, 0) is 13.1 Å². The van der Waals surface area contributed by atoms with Gasteiger partial charge in [-0.25, -0.2) is 0 Å². The Labute approximate surface area is 131 Å². The lowest BCUT2D eigenvalue weighted by Gasteiger charge is -2.21. The lowest BCUT2D eigenvalue weighted by molar-refractivity contribution is 0.274. The Bertz CT molecular complexity index is 482. The third-order valence-electron chi connectivity index (χ3n) is 2.97. The van der Waals surface area contributed by atoms with Crippen LogP contribution in [0.4, 0.5) is 0 Å². The van der Waals surface area contributed by atoms with Crippen LogP contribution in [0.25, 0.3) is 0 Å². The van der Waals surface area contributed by atoms with Gasteiger partial charge in [-0.3, -0.25) is 4.90 Å². The highest BCUT2D eigenvalue weighted by atomic mass is 79.9. The standard InChI is InChI=1S/C16H17Br2N/c17-10-11-19(12-14-4-2-1-3-5-14)13-15-6-8-16(18)9-7-15/h1-9H,10-13H2. The number of halogens is 2. The maximum absolute atomic E-state index is 3.54. The van der Waals surface area contributed by atoms with E-state index in [-0.39, 0.29) is 0 Å². The Morgan fingerprint density at radius 2 is 1.37 bits per heavy atom. The highest BCUT2D eigenvalue weighted by molar-refractivity contribution is 9.10. The van der Waals surface area contributed by atoms with Crippen molar-refractivity contribution < 1.29 is 0 Å². The summed E-state index contributed by atoms with van der Waals surface area (Å²) in [6.45, 7) is 3.02. The van der Waals surface area contributed by atoms with Gasteiger partial charge in [-0.1, -0.05) is 74.3 Å². The number of alkyl halides is 1. The Kier molecular flexibility index (Phi) is 6.08. The molecule has 0 heterocycles. The molecule has 0 spiro atoms. The molecule has 0 bridgehead atoms. The second-order valence-electron chi connectivity index (χ2n) is 4.51. The van der Waals surface area contributed by atoms with Crippen molar-refractivity contribution in [2.45, 2.75) is 13.1 Å². The van der Waals surface area contributed by atoms with Crippen LogP contribution in [0.2, 0.25) is 0 Å². The lowest BCUT2D eigenvalue weighted by atomic mass is 10.1. The van der Waals surface area contributed by atoms with Gasteiger partial charge in [0.2, 0.25) is 0 Å². The molecule has 3 heteroatoms. The topological polar surface area (TPSA) is 3.24 Å². The van der Waals surface area contributed by atoms with Gasteiger partial charge in [0.05, 0.1) is 0 Å². The Balaban J connectivity index is 2.01. The van der Waals surface area contributed by atoms with Gasteiger partial charge < -0.3 is 0 Å². The van der Waals surface area contributed by atoms with Crippen molar-refractivity contribution in [2.75, 3.05) is 11.9 Å². The molecule has 0 aromatic heterocycles. The zero-order valence-corrected chi connectivity index (χ0v) is 13.9. The Morgan fingerprint density at radius 3 is 1.95 bits per heavy atom. The van der Waals surface area contributed by atoms with E-state index in [0.717, 1.165) is 29.4 Å². The first-order valence-corrected chi connectivity index (χ1v) is 8.26. The summed E-state index contributed by atoms with van der Waals surface area (Å²) in [6, 6.07) is 19.2. The normalized spacial score (nSPS) is 10.9. The fourth-order valence-electron chi connectivity index (χ4n) is 2.02. The van der Waals surface area contributed by atoms with Gasteiger partial charge in [0, 0.05) is 29.4 Å². The predicted molar refractivity (Wildman–Crippen MR) is 88.5 cm³/mol. The minimum Gasteiger partial charge on any atom is -0.294 e. The fourth-order valence-corrected chi connectivity index (χ4v) is 2.79. The summed E-state index contributed by atoms with van der Waals surface area (Å²) in [6.07, 6.45) is 0. The van der Waals surface area contributed by atoms with Crippen molar-refractivity contribution >= 4 is 31.9 Å². The Morgan fingerprint density at radius 1 is 0.789 bits per heavy atom. The van der Waals surface area contributed by atoms with Crippen LogP contribution in [-0.4, -0.2) is 16.8 Å². The summed E-state index contributed by atoms with van der Waals surface area (Å²) >= 11 is 7.01. The van der Waals surface area contributed by atoms with E-state index in [9.17, 15) is 0 Å². The molecule has 0 saturated heterocycles. The number of hydrogen-bond donors (Lipinski definition) is 0. The molecule has 100 valence electrons. The third-order valence-corrected chi connectivity index (χ3v) is 3.85. The molecule has 2 aromatic carbocycles. The molecule has 0 aliphatic rings. The highest BCUT2D eigenvalue weighted by Gasteiger charge is 2.06. The average Bonchev–Trinajstić information content (AvgIpc) is 2.43. The van der Waals surface area contributed by atoms with E-state index in [1.807, 2.05) is 0 Å². The molecule has 2 aromatic rings. The van der Waals surface area contributed by atoms with Crippen molar-refractivity contribution in [3.8, 4) is 0 Å². The van der Waals surface area contributed by atoms with Crippen molar-refractivity contribution in [3.05, 3.63) is 70.2 Å². The molecule has 1 nitrogen and oxygen atoms in total. The molecule has 19 heavy (non-hydrogen) atoms. The van der Waals surface area contributed by atoms with Gasteiger partial charge in [0.15, 0.2) is 0 Å². The predicted octanol–water partition coefficient (Wildman–Crippen LogP) is 4.85. The van der Waals surface area contributed by atoms with Crippen LogP contribution in [0.3, 0.4) is 0 Å². The molecule has 0 radical (unpaired) electrons. The minimum atomic E-state index is 0.980. The van der Waals surface area contributed by atoms with Gasteiger partial charge in [0.25, 0.3) is 0 Å². The van der Waals surface area contributed by atoms with Crippen LogP contribution in [0.1, 0.15) is 11.1 Å². The van der Waals surface area contributed by atoms with E-state index in [1.54, 1.807) is 0 Å². The first-order valence-electron chi connectivity index (χ1n) is 6.34. The van der Waals surface area contributed by atoms with E-state index in [2.05, 4.69) is 91.4 Å². The highest BCUT2D eigenvalue weighted by Crippen LogP contribution is 2.14. The summed E-state index contributed by atoms with van der Waals surface area (Å²) in [7, 11) is 0. The Hall–Kier alpha value is -0.640. The molecule has 0 amide bonds. The second kappa shape index (κ2) is 7.83. The largest absolute Gasteiger partial charge is 0.294 e. The monoisotopic (exact) mass is 381 g/mol. The maximum Gasteiger partial charge on any atom is 0.0237 e. The van der Waals surface area contributed by atoms with Gasteiger partial charge in [-0.15, -0.1) is 0 Å². The van der Waals surface area contributed by atoms with Crippen LogP contribution < -0.4 is 0 Å². The molecule has 2 rings (SSSR count). The molecule has 0 atom stereocenters. The smallest absolute Gasteiger partial charge is 0.0237 e. The van der Waals surface area contributed by atoms with Gasteiger partial charge in [0.1, 0.15) is 0 Å². The SMILES string of the molecule is BrCCN(Cc1ccccc1)Cc1ccc(Br)cc1. The van der Waals surface area contributed by atoms with Gasteiger partial charge >= 0.3 is 0 Å². The van der Waals surface area contributed by atoms with E-state index in [1.165, 1.54) is 11.1 Å². The first-order chi connectivity index (χ1) is 9.28. The summed E-state index contributed by atoms with van der Waals surface area (Å²) in [5, 5.41) is 0.996. The van der Waals surface area contributed by atoms with Crippen LogP contribution in [0.15, 0.2) is 59.1 Å². The second-order valence-corrected chi connectivity index (χ2v) is 6.22. The quantitative estimate of drug-likeness (QED) is 0.645. The summed E-state index contributed by atoms with van der Waals surface area (Å²) in [5.41, 5.74) is 2.71. The fraction of sp³-hybridized carbons (Fsp3) is 0.250. The van der Waals surface area contributed by atoms with Crippen molar-refractivity contribution in [1.82, 2.24) is 4.90 Å². The zero-order chi connectivity index (χ0) is 13.5. The number of rotatable bonds is 6. The first kappa shape index (κ1) is 14.8. The van der Waals surface area contributed by atoms with E-state index in [4.69, 9.17) is 0 Å². The molecule has 0 aliphatic carbocycles. The summed E-state index contributed by atoms with van der Waals surface area (Å²) < 4.78 is 1.13. The summed E-state index contributed by atoms with van der Waals surface area (Å²) in [5.74, 6) is 0. The third kappa shape index (κ3) is 5.09.